The fraction of sp³-hybridized carbons (Fsp3) is 0.409. The highest BCUT2D eigenvalue weighted by Gasteiger charge is 2.45. The van der Waals surface area contributed by atoms with Crippen LogP contribution in [-0.2, 0) is 10.2 Å². The second kappa shape index (κ2) is 7.37. The van der Waals surface area contributed by atoms with Crippen molar-refractivity contribution in [1.29, 1.82) is 0 Å². The highest BCUT2D eigenvalue weighted by atomic mass is 32.1. The number of hydrogen-bond donors (Lipinski definition) is 0. The first kappa shape index (κ1) is 18.5. The molecule has 1 saturated heterocycles. The topological polar surface area (TPSA) is 49.3 Å². The van der Waals surface area contributed by atoms with E-state index in [-0.39, 0.29) is 11.7 Å². The number of anilines is 1. The van der Waals surface area contributed by atoms with Crippen LogP contribution in [0.2, 0.25) is 0 Å². The van der Waals surface area contributed by atoms with Crippen LogP contribution in [-0.4, -0.2) is 47.0 Å². The zero-order chi connectivity index (χ0) is 19.8. The minimum Gasteiger partial charge on any atom is -0.352 e. The van der Waals surface area contributed by atoms with E-state index < -0.39 is 5.41 Å². The molecule has 2 aliphatic rings. The van der Waals surface area contributed by atoms with Gasteiger partial charge >= 0.3 is 0 Å². The van der Waals surface area contributed by atoms with Crippen LogP contribution in [0.5, 0.6) is 0 Å². The Labute approximate surface area is 173 Å². The van der Waals surface area contributed by atoms with E-state index in [9.17, 15) is 9.18 Å². The Balaban J connectivity index is 1.35. The van der Waals surface area contributed by atoms with Gasteiger partial charge in [0.25, 0.3) is 0 Å². The van der Waals surface area contributed by atoms with E-state index in [1.54, 1.807) is 29.8 Å². The lowest BCUT2D eigenvalue weighted by atomic mass is 9.77. The molecular formula is C22H23FN4OS. The summed E-state index contributed by atoms with van der Waals surface area (Å²) < 4.78 is 13.4. The molecule has 150 valence electrons. The Morgan fingerprint density at radius 1 is 1.00 bits per heavy atom. The Bertz CT molecular complexity index is 1020. The summed E-state index contributed by atoms with van der Waals surface area (Å²) in [6.07, 6.45) is 5.40. The highest BCUT2D eigenvalue weighted by molar-refractivity contribution is 7.16. The van der Waals surface area contributed by atoms with E-state index in [2.05, 4.69) is 20.9 Å². The number of rotatable bonds is 3. The number of benzene rings is 1. The number of thiophene rings is 1. The molecule has 0 atom stereocenters. The summed E-state index contributed by atoms with van der Waals surface area (Å²) in [7, 11) is 0. The number of fused-ring (bicyclic) bond motifs is 1. The standard InChI is InChI=1S/C22H23FN4OS/c23-17-5-3-16(4-6-17)22(8-1-2-9-22)21(28)27-12-10-26(11-13-27)19-18-7-14-29-20(18)25-15-24-19/h3-7,14-15H,1-2,8-13H2. The molecule has 0 radical (unpaired) electrons. The van der Waals surface area contributed by atoms with Gasteiger partial charge in [-0.1, -0.05) is 25.0 Å². The van der Waals surface area contributed by atoms with E-state index >= 15 is 0 Å². The molecule has 7 heteroatoms. The van der Waals surface area contributed by atoms with E-state index in [0.717, 1.165) is 60.4 Å². The van der Waals surface area contributed by atoms with Crippen LogP contribution in [0, 0.1) is 5.82 Å². The Kier molecular flexibility index (Phi) is 4.70. The Morgan fingerprint density at radius 2 is 1.72 bits per heavy atom. The largest absolute Gasteiger partial charge is 0.352 e. The summed E-state index contributed by atoms with van der Waals surface area (Å²) in [4.78, 5) is 27.7. The van der Waals surface area contributed by atoms with E-state index in [4.69, 9.17) is 0 Å². The van der Waals surface area contributed by atoms with Gasteiger partial charge in [0, 0.05) is 26.2 Å². The number of piperazine rings is 1. The van der Waals surface area contributed by atoms with Gasteiger partial charge < -0.3 is 9.80 Å². The normalized spacial score (nSPS) is 19.1. The summed E-state index contributed by atoms with van der Waals surface area (Å²) in [6.45, 7) is 2.87. The molecule has 2 aromatic heterocycles. The molecule has 0 unspecified atom stereocenters. The second-order valence-electron chi connectivity index (χ2n) is 7.91. The van der Waals surface area contributed by atoms with Crippen LogP contribution in [0.15, 0.2) is 42.0 Å². The SMILES string of the molecule is O=C(N1CCN(c2ncnc3sccc23)CC1)C1(c2ccc(F)cc2)CCCC1. The molecule has 5 rings (SSSR count). The number of halogens is 1. The number of amides is 1. The minimum atomic E-state index is -0.495. The van der Waals surface area contributed by atoms with Crippen molar-refractivity contribution in [2.45, 2.75) is 31.1 Å². The summed E-state index contributed by atoms with van der Waals surface area (Å²) in [6, 6.07) is 8.60. The predicted molar refractivity (Wildman–Crippen MR) is 113 cm³/mol. The number of hydrogen-bond acceptors (Lipinski definition) is 5. The molecule has 1 amide bonds. The monoisotopic (exact) mass is 410 g/mol. The molecule has 1 aliphatic heterocycles. The molecule has 1 saturated carbocycles. The lowest BCUT2D eigenvalue weighted by Crippen LogP contribution is -2.54. The van der Waals surface area contributed by atoms with Gasteiger partial charge in [0.2, 0.25) is 5.91 Å². The van der Waals surface area contributed by atoms with Gasteiger partial charge in [-0.05, 0) is 42.0 Å². The molecule has 0 bridgehead atoms. The zero-order valence-corrected chi connectivity index (χ0v) is 17.0. The average molecular weight is 411 g/mol. The lowest BCUT2D eigenvalue weighted by molar-refractivity contribution is -0.137. The third-order valence-corrected chi connectivity index (χ3v) is 7.19. The summed E-state index contributed by atoms with van der Waals surface area (Å²) in [5.41, 5.74) is 0.463. The van der Waals surface area contributed by atoms with Gasteiger partial charge in [-0.15, -0.1) is 11.3 Å². The van der Waals surface area contributed by atoms with Gasteiger partial charge in [-0.25, -0.2) is 14.4 Å². The van der Waals surface area contributed by atoms with Crippen LogP contribution < -0.4 is 4.90 Å². The highest BCUT2D eigenvalue weighted by Crippen LogP contribution is 2.43. The number of carbonyl (C=O) groups excluding carboxylic acids is 1. The molecular weight excluding hydrogens is 387 g/mol. The lowest BCUT2D eigenvalue weighted by Gasteiger charge is -2.40. The third-order valence-electron chi connectivity index (χ3n) is 6.37. The molecule has 29 heavy (non-hydrogen) atoms. The molecule has 2 fully saturated rings. The van der Waals surface area contributed by atoms with Crippen LogP contribution in [0.4, 0.5) is 10.2 Å². The molecule has 1 aliphatic carbocycles. The zero-order valence-electron chi connectivity index (χ0n) is 16.2. The molecule has 0 N–H and O–H groups in total. The van der Waals surface area contributed by atoms with Crippen molar-refractivity contribution in [3.05, 3.63) is 53.4 Å². The fourth-order valence-electron chi connectivity index (χ4n) is 4.83. The molecule has 1 aromatic carbocycles. The smallest absolute Gasteiger partial charge is 0.233 e. The minimum absolute atomic E-state index is 0.199. The fourth-order valence-corrected chi connectivity index (χ4v) is 5.55. The van der Waals surface area contributed by atoms with Crippen molar-refractivity contribution >= 4 is 33.3 Å². The maximum Gasteiger partial charge on any atom is 0.233 e. The van der Waals surface area contributed by atoms with Crippen molar-refractivity contribution in [1.82, 2.24) is 14.9 Å². The first-order valence-electron chi connectivity index (χ1n) is 10.2. The van der Waals surface area contributed by atoms with Crippen molar-refractivity contribution in [3.8, 4) is 0 Å². The van der Waals surface area contributed by atoms with Crippen LogP contribution in [0.1, 0.15) is 31.2 Å². The molecule has 3 aromatic rings. The Morgan fingerprint density at radius 3 is 2.45 bits per heavy atom. The van der Waals surface area contributed by atoms with Crippen molar-refractivity contribution in [3.63, 3.8) is 0 Å². The average Bonchev–Trinajstić information content (AvgIpc) is 3.44. The first-order chi connectivity index (χ1) is 14.2. The van der Waals surface area contributed by atoms with Gasteiger partial charge in [0.05, 0.1) is 10.8 Å². The third kappa shape index (κ3) is 3.17. The molecule has 5 nitrogen and oxygen atoms in total. The summed E-state index contributed by atoms with van der Waals surface area (Å²) in [5, 5.41) is 3.12. The maximum atomic E-state index is 13.6. The quantitative estimate of drug-likeness (QED) is 0.655. The maximum absolute atomic E-state index is 13.6. The predicted octanol–water partition coefficient (Wildman–Crippen LogP) is 3.99. The molecule has 0 spiro atoms. The summed E-state index contributed by atoms with van der Waals surface area (Å²) in [5.74, 6) is 0.898. The van der Waals surface area contributed by atoms with Gasteiger partial charge in [0.15, 0.2) is 0 Å². The second-order valence-corrected chi connectivity index (χ2v) is 8.81. The van der Waals surface area contributed by atoms with Crippen LogP contribution in [0.3, 0.4) is 0 Å². The van der Waals surface area contributed by atoms with Crippen molar-refractivity contribution in [2.24, 2.45) is 0 Å². The van der Waals surface area contributed by atoms with Gasteiger partial charge in [-0.2, -0.15) is 0 Å². The van der Waals surface area contributed by atoms with E-state index in [1.807, 2.05) is 10.3 Å². The first-order valence-corrected chi connectivity index (χ1v) is 11.0. The summed E-state index contributed by atoms with van der Waals surface area (Å²) >= 11 is 1.62. The van der Waals surface area contributed by atoms with Crippen molar-refractivity contribution in [2.75, 3.05) is 31.1 Å². The number of carbonyl (C=O) groups is 1. The molecule has 3 heterocycles. The number of nitrogens with zero attached hydrogens (tertiary/aromatic N) is 4. The van der Waals surface area contributed by atoms with Gasteiger partial charge in [-0.3, -0.25) is 4.79 Å². The van der Waals surface area contributed by atoms with E-state index in [0.29, 0.717) is 13.1 Å². The van der Waals surface area contributed by atoms with Crippen LogP contribution in [0.25, 0.3) is 10.2 Å². The van der Waals surface area contributed by atoms with Crippen LogP contribution >= 0.6 is 11.3 Å². The van der Waals surface area contributed by atoms with Gasteiger partial charge in [0.1, 0.15) is 22.8 Å². The van der Waals surface area contributed by atoms with Crippen molar-refractivity contribution < 1.29 is 9.18 Å². The Hall–Kier alpha value is -2.54. The van der Waals surface area contributed by atoms with E-state index in [1.165, 1.54) is 12.1 Å². The number of aromatic nitrogens is 2.